The molecule has 1 unspecified atom stereocenters. The van der Waals surface area contributed by atoms with E-state index >= 15 is 0 Å². The molecule has 1 fully saturated rings. The van der Waals surface area contributed by atoms with Crippen LogP contribution in [0.25, 0.3) is 10.8 Å². The molecule has 3 rings (SSSR count). The highest BCUT2D eigenvalue weighted by Gasteiger charge is 2.41. The highest BCUT2D eigenvalue weighted by molar-refractivity contribution is 6.05. The first-order valence-corrected chi connectivity index (χ1v) is 11.1. The van der Waals surface area contributed by atoms with Crippen LogP contribution < -0.4 is 10.1 Å². The van der Waals surface area contributed by atoms with Crippen LogP contribution in [0.3, 0.4) is 0 Å². The van der Waals surface area contributed by atoms with E-state index in [1.54, 1.807) is 45.0 Å². The number of carboxylic acids is 1. The lowest BCUT2D eigenvalue weighted by atomic mass is 9.82. The summed E-state index contributed by atoms with van der Waals surface area (Å²) in [5, 5.41) is 13.7. The zero-order valence-corrected chi connectivity index (χ0v) is 19.0. The molecule has 0 bridgehead atoms. The molecule has 2 aromatic carbocycles. The predicted octanol–water partition coefficient (Wildman–Crippen LogP) is 5.82. The fourth-order valence-corrected chi connectivity index (χ4v) is 4.29. The average Bonchev–Trinajstić information content (AvgIpc) is 2.74. The lowest BCUT2D eigenvalue weighted by molar-refractivity contribution is -0.184. The van der Waals surface area contributed by atoms with Gasteiger partial charge in [0.15, 0.2) is 0 Å². The second-order valence-corrected chi connectivity index (χ2v) is 9.84. The maximum Gasteiger partial charge on any atom is 0.391 e. The van der Waals surface area contributed by atoms with Crippen LogP contribution in [0.2, 0.25) is 0 Å². The molecule has 2 N–H and O–H groups in total. The molecule has 0 aliphatic heterocycles. The van der Waals surface area contributed by atoms with Gasteiger partial charge in [-0.3, -0.25) is 4.79 Å². The molecule has 1 saturated carbocycles. The molecule has 0 radical (unpaired) electrons. The summed E-state index contributed by atoms with van der Waals surface area (Å²) in [5.41, 5.74) is -0.510. The van der Waals surface area contributed by atoms with E-state index in [-0.39, 0.29) is 30.9 Å². The van der Waals surface area contributed by atoms with Gasteiger partial charge in [-0.25, -0.2) is 4.79 Å². The Labute approximate surface area is 191 Å². The minimum Gasteiger partial charge on any atom is -0.492 e. The van der Waals surface area contributed by atoms with Gasteiger partial charge in [0.2, 0.25) is 0 Å². The quantitative estimate of drug-likeness (QED) is 0.564. The maximum absolute atomic E-state index is 13.1. The maximum atomic E-state index is 13.1. The van der Waals surface area contributed by atoms with Gasteiger partial charge in [-0.05, 0) is 48.5 Å². The number of rotatable bonds is 6. The average molecular weight is 466 g/mol. The summed E-state index contributed by atoms with van der Waals surface area (Å²) in [7, 11) is 0. The second kappa shape index (κ2) is 9.61. The van der Waals surface area contributed by atoms with Crippen LogP contribution in [0, 0.1) is 17.3 Å². The summed E-state index contributed by atoms with van der Waals surface area (Å²) in [4.78, 5) is 24.8. The minimum atomic E-state index is -4.17. The number of nitrogens with one attached hydrogen (secondary N) is 1. The molecule has 180 valence electrons. The molecular formula is C25H30F3NO4. The Kier molecular flexibility index (Phi) is 7.24. The molecule has 1 amide bonds. The number of carboxylic acid groups (broad SMARTS) is 1. The first-order chi connectivity index (χ1) is 15.4. The first kappa shape index (κ1) is 24.9. The van der Waals surface area contributed by atoms with Crippen LogP contribution in [-0.4, -0.2) is 35.8 Å². The topological polar surface area (TPSA) is 75.6 Å². The fraction of sp³-hybridized carbons (Fsp3) is 0.520. The standard InChI is InChI=1S/C25H30F3NO4/c1-24(2,3)21(23(31)32)29-22(30)19-13-10-16-6-4-5-7-18(16)20(19)33-14-15-8-11-17(12-9-15)25(26,27)28/h4-7,10,13,15,17,21H,8-9,11-12,14H2,1-3H3,(H,29,30)(H,31,32)/t15-,17+,21?. The number of hydrogen-bond acceptors (Lipinski definition) is 3. The van der Waals surface area contributed by atoms with Gasteiger partial charge in [-0.2, -0.15) is 13.2 Å². The zero-order valence-electron chi connectivity index (χ0n) is 19.0. The van der Waals surface area contributed by atoms with Crippen LogP contribution in [0.15, 0.2) is 36.4 Å². The lowest BCUT2D eigenvalue weighted by Gasteiger charge is -2.30. The molecular weight excluding hydrogens is 435 g/mol. The number of fused-ring (bicyclic) bond motifs is 1. The lowest BCUT2D eigenvalue weighted by Crippen LogP contribution is -2.49. The van der Waals surface area contributed by atoms with Crippen molar-refractivity contribution in [3.05, 3.63) is 42.0 Å². The Morgan fingerprint density at radius 2 is 1.70 bits per heavy atom. The summed E-state index contributed by atoms with van der Waals surface area (Å²) in [6, 6.07) is 9.58. The van der Waals surface area contributed by atoms with Crippen LogP contribution in [0.5, 0.6) is 5.75 Å². The van der Waals surface area contributed by atoms with E-state index < -0.39 is 35.4 Å². The predicted molar refractivity (Wildman–Crippen MR) is 119 cm³/mol. The van der Waals surface area contributed by atoms with Crippen LogP contribution in [0.1, 0.15) is 56.8 Å². The number of benzene rings is 2. The number of ether oxygens (including phenoxy) is 1. The number of carbonyl (C=O) groups excluding carboxylic acids is 1. The summed E-state index contributed by atoms with van der Waals surface area (Å²) in [6.07, 6.45) is -3.21. The van der Waals surface area contributed by atoms with Crippen molar-refractivity contribution in [1.29, 1.82) is 0 Å². The summed E-state index contributed by atoms with van der Waals surface area (Å²) < 4.78 is 45.0. The number of hydrogen-bond donors (Lipinski definition) is 2. The molecule has 2 aromatic rings. The van der Waals surface area contributed by atoms with Crippen molar-refractivity contribution in [3.63, 3.8) is 0 Å². The molecule has 8 heteroatoms. The number of halogens is 3. The van der Waals surface area contributed by atoms with Gasteiger partial charge in [-0.1, -0.05) is 51.1 Å². The van der Waals surface area contributed by atoms with E-state index in [0.29, 0.717) is 24.0 Å². The van der Waals surface area contributed by atoms with Crippen molar-refractivity contribution in [2.75, 3.05) is 6.61 Å². The van der Waals surface area contributed by atoms with Crippen LogP contribution >= 0.6 is 0 Å². The number of carbonyl (C=O) groups is 2. The highest BCUT2D eigenvalue weighted by atomic mass is 19.4. The van der Waals surface area contributed by atoms with E-state index in [2.05, 4.69) is 5.32 Å². The normalized spacial score (nSPS) is 20.3. The van der Waals surface area contributed by atoms with Gasteiger partial charge in [0.05, 0.1) is 18.1 Å². The summed E-state index contributed by atoms with van der Waals surface area (Å²) in [6.45, 7) is 5.37. The van der Waals surface area contributed by atoms with Crippen molar-refractivity contribution < 1.29 is 32.6 Å². The van der Waals surface area contributed by atoms with Crippen molar-refractivity contribution in [3.8, 4) is 5.75 Å². The monoisotopic (exact) mass is 465 g/mol. The Hall–Kier alpha value is -2.77. The largest absolute Gasteiger partial charge is 0.492 e. The molecule has 1 atom stereocenters. The third-order valence-corrected chi connectivity index (χ3v) is 6.29. The molecule has 1 aliphatic rings. The van der Waals surface area contributed by atoms with E-state index in [9.17, 15) is 27.9 Å². The Bertz CT molecular complexity index is 1000. The summed E-state index contributed by atoms with van der Waals surface area (Å²) >= 11 is 0. The van der Waals surface area contributed by atoms with E-state index in [0.717, 1.165) is 5.39 Å². The fourth-order valence-electron chi connectivity index (χ4n) is 4.29. The number of amides is 1. The minimum absolute atomic E-state index is 0.0418. The smallest absolute Gasteiger partial charge is 0.391 e. The van der Waals surface area contributed by atoms with Gasteiger partial charge >= 0.3 is 12.1 Å². The van der Waals surface area contributed by atoms with Crippen molar-refractivity contribution >= 4 is 22.6 Å². The second-order valence-electron chi connectivity index (χ2n) is 9.84. The van der Waals surface area contributed by atoms with E-state index in [1.807, 2.05) is 12.1 Å². The van der Waals surface area contributed by atoms with E-state index in [4.69, 9.17) is 4.74 Å². The highest BCUT2D eigenvalue weighted by Crippen LogP contribution is 2.40. The molecule has 5 nitrogen and oxygen atoms in total. The Balaban J connectivity index is 1.82. The van der Waals surface area contributed by atoms with Crippen LogP contribution in [0.4, 0.5) is 13.2 Å². The first-order valence-electron chi connectivity index (χ1n) is 11.1. The van der Waals surface area contributed by atoms with Gasteiger partial charge in [0.1, 0.15) is 11.8 Å². The third-order valence-electron chi connectivity index (χ3n) is 6.29. The molecule has 0 heterocycles. The van der Waals surface area contributed by atoms with Crippen LogP contribution in [-0.2, 0) is 4.79 Å². The molecule has 1 aliphatic carbocycles. The number of alkyl halides is 3. The number of aliphatic carboxylic acids is 1. The van der Waals surface area contributed by atoms with Gasteiger partial charge < -0.3 is 15.2 Å². The van der Waals surface area contributed by atoms with Gasteiger partial charge in [0, 0.05) is 5.39 Å². The Morgan fingerprint density at radius 3 is 2.27 bits per heavy atom. The molecule has 0 spiro atoms. The Morgan fingerprint density at radius 1 is 1.06 bits per heavy atom. The molecule has 0 aromatic heterocycles. The summed E-state index contributed by atoms with van der Waals surface area (Å²) in [5.74, 6) is -2.70. The molecule has 33 heavy (non-hydrogen) atoms. The third kappa shape index (κ3) is 5.97. The van der Waals surface area contributed by atoms with Gasteiger partial charge in [0.25, 0.3) is 5.91 Å². The van der Waals surface area contributed by atoms with Gasteiger partial charge in [-0.15, -0.1) is 0 Å². The van der Waals surface area contributed by atoms with Crippen molar-refractivity contribution in [1.82, 2.24) is 5.32 Å². The molecule has 0 saturated heterocycles. The van der Waals surface area contributed by atoms with Crippen molar-refractivity contribution in [2.24, 2.45) is 17.3 Å². The SMILES string of the molecule is CC(C)(C)C(NC(=O)c1ccc2ccccc2c1OC[C@H]1CC[C@@H](C(F)(F)F)CC1)C(=O)O. The van der Waals surface area contributed by atoms with E-state index in [1.165, 1.54) is 0 Å². The zero-order chi connectivity index (χ0) is 24.4. The van der Waals surface area contributed by atoms with Crippen molar-refractivity contribution in [2.45, 2.75) is 58.7 Å².